The first kappa shape index (κ1) is 19.5. The molecule has 146 valence electrons. The van der Waals surface area contributed by atoms with Gasteiger partial charge in [-0.3, -0.25) is 4.79 Å². The molecular weight excluding hydrogens is 356 g/mol. The Bertz CT molecular complexity index is 861. The van der Waals surface area contributed by atoms with E-state index >= 15 is 0 Å². The third-order valence-corrected chi connectivity index (χ3v) is 4.92. The van der Waals surface area contributed by atoms with Crippen molar-refractivity contribution < 1.29 is 14.3 Å². The van der Waals surface area contributed by atoms with E-state index in [4.69, 9.17) is 14.7 Å². The standard InChI is InChI=1S/C21H24N4O3/c1-27-18-7-3-6-17(20(18)28-2)21(26)24-13-16-5-4-10-25(14-16)19-9-8-15(11-22)12-23-19/h3,6-9,12,16H,4-5,10,13-14H2,1-2H3,(H,24,26). The Balaban J connectivity index is 1.61. The summed E-state index contributed by atoms with van der Waals surface area (Å²) < 4.78 is 10.6. The summed E-state index contributed by atoms with van der Waals surface area (Å²) in [6.45, 7) is 2.31. The molecule has 0 spiro atoms. The first-order chi connectivity index (χ1) is 13.7. The Kier molecular flexibility index (Phi) is 6.33. The summed E-state index contributed by atoms with van der Waals surface area (Å²) in [6, 6.07) is 11.0. The minimum absolute atomic E-state index is 0.177. The largest absolute Gasteiger partial charge is 0.493 e. The molecule has 1 aliphatic rings. The Morgan fingerprint density at radius 1 is 1.32 bits per heavy atom. The van der Waals surface area contributed by atoms with E-state index in [0.29, 0.717) is 35.1 Å². The van der Waals surface area contributed by atoms with Crippen molar-refractivity contribution in [3.63, 3.8) is 0 Å². The minimum Gasteiger partial charge on any atom is -0.493 e. The summed E-state index contributed by atoms with van der Waals surface area (Å²) in [5.41, 5.74) is 1.01. The monoisotopic (exact) mass is 380 g/mol. The van der Waals surface area contributed by atoms with Crippen LogP contribution in [0, 0.1) is 17.2 Å². The van der Waals surface area contributed by atoms with Gasteiger partial charge in [-0.05, 0) is 43.0 Å². The van der Waals surface area contributed by atoms with Crippen LogP contribution in [0.2, 0.25) is 0 Å². The summed E-state index contributed by atoms with van der Waals surface area (Å²) in [7, 11) is 3.07. The lowest BCUT2D eigenvalue weighted by Gasteiger charge is -2.33. The number of aromatic nitrogens is 1. The summed E-state index contributed by atoms with van der Waals surface area (Å²) in [5.74, 6) is 1.99. The second kappa shape index (κ2) is 9.09. The maximum absolute atomic E-state index is 12.7. The number of ether oxygens (including phenoxy) is 2. The maximum atomic E-state index is 12.7. The van der Waals surface area contributed by atoms with Gasteiger partial charge in [-0.1, -0.05) is 6.07 Å². The molecule has 2 aromatic rings. The average molecular weight is 380 g/mol. The first-order valence-electron chi connectivity index (χ1n) is 9.26. The number of hydrogen-bond donors (Lipinski definition) is 1. The lowest BCUT2D eigenvalue weighted by Crippen LogP contribution is -2.41. The van der Waals surface area contributed by atoms with Gasteiger partial charge in [0.2, 0.25) is 0 Å². The molecular formula is C21H24N4O3. The molecule has 0 radical (unpaired) electrons. The number of amides is 1. The Hall–Kier alpha value is -3.27. The molecule has 7 nitrogen and oxygen atoms in total. The fourth-order valence-electron chi connectivity index (χ4n) is 3.48. The van der Waals surface area contributed by atoms with Crippen molar-refractivity contribution in [3.05, 3.63) is 47.7 Å². The number of methoxy groups -OCH3 is 2. The van der Waals surface area contributed by atoms with Gasteiger partial charge in [0.15, 0.2) is 11.5 Å². The third-order valence-electron chi connectivity index (χ3n) is 4.92. The van der Waals surface area contributed by atoms with Crippen LogP contribution in [-0.2, 0) is 0 Å². The molecule has 1 fully saturated rings. The molecule has 0 saturated carbocycles. The molecule has 0 bridgehead atoms. The minimum atomic E-state index is -0.177. The van der Waals surface area contributed by atoms with E-state index in [1.165, 1.54) is 7.11 Å². The van der Waals surface area contributed by atoms with E-state index in [9.17, 15) is 4.79 Å². The fraction of sp³-hybridized carbons (Fsp3) is 0.381. The Labute approximate surface area is 164 Å². The topological polar surface area (TPSA) is 87.5 Å². The molecule has 1 aliphatic heterocycles. The van der Waals surface area contributed by atoms with Crippen LogP contribution in [0.4, 0.5) is 5.82 Å². The number of hydrogen-bond acceptors (Lipinski definition) is 6. The normalized spacial score (nSPS) is 16.2. The molecule has 1 amide bonds. The predicted molar refractivity (Wildman–Crippen MR) is 106 cm³/mol. The van der Waals surface area contributed by atoms with Crippen molar-refractivity contribution in [2.24, 2.45) is 5.92 Å². The molecule has 7 heteroatoms. The van der Waals surface area contributed by atoms with Crippen molar-refractivity contribution >= 4 is 11.7 Å². The number of benzene rings is 1. The average Bonchev–Trinajstić information content (AvgIpc) is 2.77. The van der Waals surface area contributed by atoms with Crippen molar-refractivity contribution in [2.75, 3.05) is 38.8 Å². The SMILES string of the molecule is COc1cccc(C(=O)NCC2CCCN(c3ccc(C#N)cn3)C2)c1OC. The summed E-state index contributed by atoms with van der Waals surface area (Å²) in [6.07, 6.45) is 3.67. The van der Waals surface area contributed by atoms with Crippen molar-refractivity contribution in [1.82, 2.24) is 10.3 Å². The second-order valence-corrected chi connectivity index (χ2v) is 6.72. The van der Waals surface area contributed by atoms with Gasteiger partial charge < -0.3 is 19.7 Å². The van der Waals surface area contributed by atoms with Crippen molar-refractivity contribution in [3.8, 4) is 17.6 Å². The highest BCUT2D eigenvalue weighted by molar-refractivity contribution is 5.97. The number of nitrogens with zero attached hydrogens (tertiary/aromatic N) is 3. The number of carbonyl (C=O) groups excluding carboxylic acids is 1. The number of carbonyl (C=O) groups is 1. The zero-order valence-electron chi connectivity index (χ0n) is 16.1. The van der Waals surface area contributed by atoms with Crippen LogP contribution in [0.15, 0.2) is 36.5 Å². The zero-order valence-corrected chi connectivity index (χ0v) is 16.1. The number of nitrogens with one attached hydrogen (secondary N) is 1. The molecule has 1 aromatic heterocycles. The number of rotatable bonds is 6. The number of anilines is 1. The number of piperidine rings is 1. The van der Waals surface area contributed by atoms with Crippen LogP contribution >= 0.6 is 0 Å². The van der Waals surface area contributed by atoms with Crippen LogP contribution in [0.25, 0.3) is 0 Å². The van der Waals surface area contributed by atoms with Crippen LogP contribution in [0.5, 0.6) is 11.5 Å². The maximum Gasteiger partial charge on any atom is 0.255 e. The number of pyridine rings is 1. The smallest absolute Gasteiger partial charge is 0.255 e. The summed E-state index contributed by atoms with van der Waals surface area (Å²) in [4.78, 5) is 19.2. The molecule has 2 heterocycles. The number of para-hydroxylation sites is 1. The van der Waals surface area contributed by atoms with Crippen LogP contribution in [0.3, 0.4) is 0 Å². The van der Waals surface area contributed by atoms with Crippen LogP contribution < -0.4 is 19.7 Å². The van der Waals surface area contributed by atoms with Gasteiger partial charge in [0.25, 0.3) is 5.91 Å². The van der Waals surface area contributed by atoms with Gasteiger partial charge in [0.1, 0.15) is 11.9 Å². The fourth-order valence-corrected chi connectivity index (χ4v) is 3.48. The van der Waals surface area contributed by atoms with Crippen molar-refractivity contribution in [1.29, 1.82) is 5.26 Å². The number of nitriles is 1. The molecule has 1 atom stereocenters. The molecule has 1 aromatic carbocycles. The highest BCUT2D eigenvalue weighted by Gasteiger charge is 2.23. The van der Waals surface area contributed by atoms with E-state index < -0.39 is 0 Å². The van der Waals surface area contributed by atoms with Gasteiger partial charge in [-0.25, -0.2) is 4.98 Å². The summed E-state index contributed by atoms with van der Waals surface area (Å²) in [5, 5.41) is 11.9. The van der Waals surface area contributed by atoms with Crippen molar-refractivity contribution in [2.45, 2.75) is 12.8 Å². The van der Waals surface area contributed by atoms with Gasteiger partial charge in [0.05, 0.1) is 25.3 Å². The lowest BCUT2D eigenvalue weighted by atomic mass is 9.97. The molecule has 0 aliphatic carbocycles. The third kappa shape index (κ3) is 4.34. The molecule has 28 heavy (non-hydrogen) atoms. The van der Waals surface area contributed by atoms with Gasteiger partial charge in [-0.2, -0.15) is 5.26 Å². The quantitative estimate of drug-likeness (QED) is 0.829. The summed E-state index contributed by atoms with van der Waals surface area (Å²) >= 11 is 0. The molecule has 1 saturated heterocycles. The van der Waals surface area contributed by atoms with Gasteiger partial charge in [0, 0.05) is 25.8 Å². The second-order valence-electron chi connectivity index (χ2n) is 6.72. The van der Waals surface area contributed by atoms with Gasteiger partial charge in [-0.15, -0.1) is 0 Å². The highest BCUT2D eigenvalue weighted by Crippen LogP contribution is 2.30. The van der Waals surface area contributed by atoms with Crippen LogP contribution in [0.1, 0.15) is 28.8 Å². The van der Waals surface area contributed by atoms with E-state index in [2.05, 4.69) is 21.3 Å². The van der Waals surface area contributed by atoms with Crippen LogP contribution in [-0.4, -0.2) is 44.7 Å². The van der Waals surface area contributed by atoms with Gasteiger partial charge >= 0.3 is 0 Å². The molecule has 1 N–H and O–H groups in total. The zero-order chi connectivity index (χ0) is 19.9. The highest BCUT2D eigenvalue weighted by atomic mass is 16.5. The van der Waals surface area contributed by atoms with E-state index in [0.717, 1.165) is 31.7 Å². The first-order valence-corrected chi connectivity index (χ1v) is 9.26. The molecule has 1 unspecified atom stereocenters. The predicted octanol–water partition coefficient (Wildman–Crippen LogP) is 2.62. The van der Waals surface area contributed by atoms with E-state index in [1.54, 1.807) is 37.6 Å². The van der Waals surface area contributed by atoms with E-state index in [-0.39, 0.29) is 5.91 Å². The Morgan fingerprint density at radius 2 is 2.18 bits per heavy atom. The van der Waals surface area contributed by atoms with E-state index in [1.807, 2.05) is 6.07 Å². The molecule has 3 rings (SSSR count). The Morgan fingerprint density at radius 3 is 2.86 bits per heavy atom. The lowest BCUT2D eigenvalue weighted by molar-refractivity contribution is 0.0942.